The molecule has 1 aromatic rings. The van der Waals surface area contributed by atoms with Crippen molar-refractivity contribution < 1.29 is 14.3 Å². The van der Waals surface area contributed by atoms with Crippen molar-refractivity contribution in [2.24, 2.45) is 4.99 Å². The molecule has 9 heteroatoms. The molecule has 0 aromatic heterocycles. The number of rotatable bonds is 6. The minimum atomic E-state index is -0.252. The number of carbonyl (C=O) groups excluding carboxylic acids is 2. The second kappa shape index (κ2) is 11.4. The fourth-order valence-electron chi connectivity index (χ4n) is 2.91. The van der Waals surface area contributed by atoms with Crippen molar-refractivity contribution in [1.29, 1.82) is 0 Å². The molecule has 0 bridgehead atoms. The average Bonchev–Trinajstić information content (AvgIpc) is 2.71. The van der Waals surface area contributed by atoms with Crippen molar-refractivity contribution in [2.75, 3.05) is 39.8 Å². The van der Waals surface area contributed by atoms with Crippen LogP contribution in [0.15, 0.2) is 29.3 Å². The maximum absolute atomic E-state index is 12.1. The van der Waals surface area contributed by atoms with E-state index in [0.717, 1.165) is 12.8 Å². The number of hydrogen-bond donors (Lipinski definition) is 3. The van der Waals surface area contributed by atoms with Crippen LogP contribution < -0.4 is 16.0 Å². The molecule has 154 valence electrons. The van der Waals surface area contributed by atoms with Gasteiger partial charge in [-0.05, 0) is 31.9 Å². The lowest BCUT2D eigenvalue weighted by Gasteiger charge is -2.32. The van der Waals surface area contributed by atoms with Crippen LogP contribution in [-0.2, 0) is 4.74 Å². The van der Waals surface area contributed by atoms with Crippen LogP contribution in [0.5, 0.6) is 0 Å². The minimum absolute atomic E-state index is 0.207. The van der Waals surface area contributed by atoms with E-state index in [2.05, 4.69) is 20.9 Å². The van der Waals surface area contributed by atoms with Gasteiger partial charge in [0.05, 0.1) is 17.2 Å². The molecule has 1 aliphatic rings. The van der Waals surface area contributed by atoms with Crippen LogP contribution in [0, 0.1) is 0 Å². The van der Waals surface area contributed by atoms with Gasteiger partial charge in [-0.1, -0.05) is 23.7 Å². The van der Waals surface area contributed by atoms with Crippen molar-refractivity contribution in [3.8, 4) is 0 Å². The lowest BCUT2D eigenvalue weighted by atomic mass is 10.1. The number of nitrogens with zero attached hydrogens (tertiary/aromatic N) is 2. The van der Waals surface area contributed by atoms with Crippen molar-refractivity contribution in [3.05, 3.63) is 34.9 Å². The van der Waals surface area contributed by atoms with Gasteiger partial charge in [-0.2, -0.15) is 0 Å². The Hall–Kier alpha value is -2.48. The van der Waals surface area contributed by atoms with Crippen LogP contribution >= 0.6 is 11.6 Å². The molecule has 28 heavy (non-hydrogen) atoms. The minimum Gasteiger partial charge on any atom is -0.450 e. The molecule has 1 aliphatic heterocycles. The highest BCUT2D eigenvalue weighted by atomic mass is 35.5. The van der Waals surface area contributed by atoms with Gasteiger partial charge in [0, 0.05) is 39.3 Å². The fourth-order valence-corrected chi connectivity index (χ4v) is 3.13. The van der Waals surface area contributed by atoms with Crippen molar-refractivity contribution in [2.45, 2.75) is 25.8 Å². The van der Waals surface area contributed by atoms with Crippen LogP contribution in [0.4, 0.5) is 4.79 Å². The molecular weight excluding hydrogens is 382 g/mol. The van der Waals surface area contributed by atoms with Gasteiger partial charge >= 0.3 is 6.09 Å². The molecule has 1 heterocycles. The summed E-state index contributed by atoms with van der Waals surface area (Å²) in [7, 11) is 1.70. The van der Waals surface area contributed by atoms with Gasteiger partial charge in [-0.3, -0.25) is 9.79 Å². The number of carbonyl (C=O) groups is 2. The number of nitrogens with one attached hydrogen (secondary N) is 3. The number of aliphatic imine (C=N–C) groups is 1. The van der Waals surface area contributed by atoms with Gasteiger partial charge in [-0.15, -0.1) is 0 Å². The van der Waals surface area contributed by atoms with Gasteiger partial charge in [0.25, 0.3) is 5.91 Å². The van der Waals surface area contributed by atoms with Crippen LogP contribution in [0.1, 0.15) is 30.1 Å². The first-order chi connectivity index (χ1) is 13.5. The summed E-state index contributed by atoms with van der Waals surface area (Å²) >= 11 is 6.02. The Kier molecular flexibility index (Phi) is 8.87. The summed E-state index contributed by atoms with van der Waals surface area (Å²) < 4.78 is 5.03. The normalized spacial score (nSPS) is 15.1. The van der Waals surface area contributed by atoms with Gasteiger partial charge in [0.15, 0.2) is 5.96 Å². The summed E-state index contributed by atoms with van der Waals surface area (Å²) in [6.45, 7) is 4.46. The molecule has 0 radical (unpaired) electrons. The Balaban J connectivity index is 1.67. The predicted octanol–water partition coefficient (Wildman–Crippen LogP) is 1.86. The third-order valence-corrected chi connectivity index (χ3v) is 4.74. The van der Waals surface area contributed by atoms with Gasteiger partial charge in [-0.25, -0.2) is 4.79 Å². The maximum Gasteiger partial charge on any atom is 0.409 e. The number of halogens is 1. The van der Waals surface area contributed by atoms with Gasteiger partial charge < -0.3 is 25.6 Å². The first-order valence-electron chi connectivity index (χ1n) is 9.46. The third-order valence-electron chi connectivity index (χ3n) is 4.41. The van der Waals surface area contributed by atoms with E-state index in [1.807, 2.05) is 0 Å². The van der Waals surface area contributed by atoms with Crippen molar-refractivity contribution in [1.82, 2.24) is 20.9 Å². The van der Waals surface area contributed by atoms with E-state index in [1.54, 1.807) is 43.1 Å². The summed E-state index contributed by atoms with van der Waals surface area (Å²) in [4.78, 5) is 29.8. The highest BCUT2D eigenvalue weighted by Gasteiger charge is 2.24. The average molecular weight is 410 g/mol. The first kappa shape index (κ1) is 21.8. The van der Waals surface area contributed by atoms with E-state index in [-0.39, 0.29) is 18.0 Å². The first-order valence-corrected chi connectivity index (χ1v) is 9.84. The summed E-state index contributed by atoms with van der Waals surface area (Å²) in [6, 6.07) is 7.17. The highest BCUT2D eigenvalue weighted by molar-refractivity contribution is 6.33. The van der Waals surface area contributed by atoms with Crippen LogP contribution in [0.2, 0.25) is 5.02 Å². The number of hydrogen-bond acceptors (Lipinski definition) is 4. The molecule has 0 spiro atoms. The van der Waals surface area contributed by atoms with E-state index in [1.165, 1.54) is 0 Å². The molecule has 1 fully saturated rings. The Labute approximate surface area is 170 Å². The second-order valence-electron chi connectivity index (χ2n) is 6.34. The molecule has 1 aromatic carbocycles. The SMILES string of the molecule is CCOC(=O)N1CCC(NC(=NC)NCCNC(=O)c2ccccc2Cl)CC1. The van der Waals surface area contributed by atoms with Crippen molar-refractivity contribution in [3.63, 3.8) is 0 Å². The lowest BCUT2D eigenvalue weighted by Crippen LogP contribution is -2.50. The maximum atomic E-state index is 12.1. The summed E-state index contributed by atoms with van der Waals surface area (Å²) in [5.41, 5.74) is 0.458. The summed E-state index contributed by atoms with van der Waals surface area (Å²) in [6.07, 6.45) is 1.39. The molecular formula is C19H28ClN5O3. The number of ether oxygens (including phenoxy) is 1. The highest BCUT2D eigenvalue weighted by Crippen LogP contribution is 2.14. The molecule has 2 amide bonds. The van der Waals surface area contributed by atoms with E-state index < -0.39 is 0 Å². The number of piperidine rings is 1. The standard InChI is InChI=1S/C19H28ClN5O3/c1-3-28-19(27)25-12-8-14(9-13-25)24-18(21-2)23-11-10-22-17(26)15-6-4-5-7-16(15)20/h4-7,14H,3,8-13H2,1-2H3,(H,22,26)(H2,21,23,24). The number of benzene rings is 1. The van der Waals surface area contributed by atoms with E-state index in [4.69, 9.17) is 16.3 Å². The van der Waals surface area contributed by atoms with Crippen LogP contribution in [0.3, 0.4) is 0 Å². The number of amides is 2. The zero-order valence-corrected chi connectivity index (χ0v) is 17.1. The monoisotopic (exact) mass is 409 g/mol. The van der Waals surface area contributed by atoms with E-state index >= 15 is 0 Å². The lowest BCUT2D eigenvalue weighted by molar-refractivity contribution is 0.0948. The summed E-state index contributed by atoms with van der Waals surface area (Å²) in [5.74, 6) is 0.461. The Morgan fingerprint density at radius 2 is 1.89 bits per heavy atom. The second-order valence-corrected chi connectivity index (χ2v) is 6.75. The third kappa shape index (κ3) is 6.60. The Morgan fingerprint density at radius 1 is 1.21 bits per heavy atom. The smallest absolute Gasteiger partial charge is 0.409 e. The molecule has 0 unspecified atom stereocenters. The van der Waals surface area contributed by atoms with Gasteiger partial charge in [0.2, 0.25) is 0 Å². The van der Waals surface area contributed by atoms with Crippen LogP contribution in [0.25, 0.3) is 0 Å². The van der Waals surface area contributed by atoms with E-state index in [0.29, 0.717) is 49.3 Å². The molecule has 0 atom stereocenters. The Morgan fingerprint density at radius 3 is 2.54 bits per heavy atom. The molecule has 8 nitrogen and oxygen atoms in total. The van der Waals surface area contributed by atoms with Gasteiger partial charge in [0.1, 0.15) is 0 Å². The van der Waals surface area contributed by atoms with E-state index in [9.17, 15) is 9.59 Å². The Bertz CT molecular complexity index is 690. The van der Waals surface area contributed by atoms with Crippen LogP contribution in [-0.4, -0.2) is 68.7 Å². The zero-order valence-electron chi connectivity index (χ0n) is 16.3. The molecule has 3 N–H and O–H groups in total. The number of guanidine groups is 1. The number of likely N-dealkylation sites (tertiary alicyclic amines) is 1. The largest absolute Gasteiger partial charge is 0.450 e. The summed E-state index contributed by atoms with van der Waals surface area (Å²) in [5, 5.41) is 9.79. The topological polar surface area (TPSA) is 95.1 Å². The molecule has 0 aliphatic carbocycles. The quantitative estimate of drug-likeness (QED) is 0.378. The molecule has 0 saturated carbocycles. The van der Waals surface area contributed by atoms with Crippen molar-refractivity contribution >= 4 is 29.6 Å². The molecule has 2 rings (SSSR count). The molecule has 1 saturated heterocycles. The predicted molar refractivity (Wildman–Crippen MR) is 110 cm³/mol. The zero-order chi connectivity index (χ0) is 20.4. The fraction of sp³-hybridized carbons (Fsp3) is 0.526.